The van der Waals surface area contributed by atoms with Crippen LogP contribution in [-0.4, -0.2) is 72.8 Å². The molecule has 47 heavy (non-hydrogen) atoms. The van der Waals surface area contributed by atoms with Crippen molar-refractivity contribution >= 4 is 23.6 Å². The number of carbonyl (C=O) groups is 4. The molecule has 4 N–H and O–H groups in total. The highest BCUT2D eigenvalue weighted by atomic mass is 16.5. The van der Waals surface area contributed by atoms with E-state index in [1.807, 2.05) is 0 Å². The second-order valence-corrected chi connectivity index (χ2v) is 11.8. The van der Waals surface area contributed by atoms with Crippen molar-refractivity contribution in [2.75, 3.05) is 27.4 Å². The number of benzene rings is 1. The first-order valence-electron chi connectivity index (χ1n) is 16.9. The van der Waals surface area contributed by atoms with E-state index in [1.54, 1.807) is 37.3 Å². The molecule has 0 fully saturated rings. The average molecular weight is 657 g/mol. The molecular formula is C37H56N2O8. The first-order chi connectivity index (χ1) is 22.6. The number of methoxy groups -OCH3 is 1. The van der Waals surface area contributed by atoms with E-state index in [4.69, 9.17) is 9.47 Å². The van der Waals surface area contributed by atoms with Crippen LogP contribution in [0.4, 0.5) is 0 Å². The van der Waals surface area contributed by atoms with Crippen LogP contribution in [0.2, 0.25) is 0 Å². The van der Waals surface area contributed by atoms with Crippen LogP contribution in [0.1, 0.15) is 103 Å². The Hall–Kier alpha value is -3.68. The van der Waals surface area contributed by atoms with E-state index in [0.29, 0.717) is 30.8 Å². The predicted molar refractivity (Wildman–Crippen MR) is 183 cm³/mol. The normalized spacial score (nSPS) is 13.6. The SMILES string of the molecule is CC#CCOc1ccc(C[C@H](NC(=O)[C@@H](/C=C/CCCCCCC(=O)CCCCCCC)[C@@](O)(CCOC)C(=O)O)C(=O)NC)cc1. The Morgan fingerprint density at radius 3 is 2.17 bits per heavy atom. The molecule has 0 unspecified atom stereocenters. The lowest BCUT2D eigenvalue weighted by molar-refractivity contribution is -0.168. The van der Waals surface area contributed by atoms with Crippen LogP contribution in [0.25, 0.3) is 0 Å². The molecule has 0 heterocycles. The van der Waals surface area contributed by atoms with Crippen molar-refractivity contribution in [3.05, 3.63) is 42.0 Å². The van der Waals surface area contributed by atoms with E-state index < -0.39 is 35.3 Å². The van der Waals surface area contributed by atoms with Gasteiger partial charge in [0.15, 0.2) is 5.60 Å². The zero-order valence-corrected chi connectivity index (χ0v) is 28.8. The van der Waals surface area contributed by atoms with Gasteiger partial charge >= 0.3 is 5.97 Å². The molecule has 0 radical (unpaired) electrons. The quantitative estimate of drug-likeness (QED) is 0.0607. The summed E-state index contributed by atoms with van der Waals surface area (Å²) in [5.74, 6) is 2.19. The Labute approximate surface area is 281 Å². The molecule has 1 rings (SSSR count). The van der Waals surface area contributed by atoms with Gasteiger partial charge in [-0.25, -0.2) is 4.79 Å². The Morgan fingerprint density at radius 2 is 1.60 bits per heavy atom. The summed E-state index contributed by atoms with van der Waals surface area (Å²) in [7, 11) is 2.82. The minimum atomic E-state index is -2.46. The van der Waals surface area contributed by atoms with Gasteiger partial charge in [-0.15, -0.1) is 5.92 Å². The smallest absolute Gasteiger partial charge is 0.336 e. The second-order valence-electron chi connectivity index (χ2n) is 11.8. The van der Waals surface area contributed by atoms with Gasteiger partial charge in [-0.2, -0.15) is 0 Å². The molecule has 0 saturated carbocycles. The molecule has 0 spiro atoms. The molecule has 0 aliphatic rings. The molecule has 0 aromatic heterocycles. The first-order valence-corrected chi connectivity index (χ1v) is 16.9. The molecule has 10 heteroatoms. The van der Waals surface area contributed by atoms with Crippen molar-refractivity contribution in [1.29, 1.82) is 0 Å². The van der Waals surface area contributed by atoms with Crippen molar-refractivity contribution in [2.45, 2.75) is 115 Å². The van der Waals surface area contributed by atoms with Crippen LogP contribution in [-0.2, 0) is 30.3 Å². The van der Waals surface area contributed by atoms with Gasteiger partial charge in [-0.05, 0) is 50.3 Å². The maximum absolute atomic E-state index is 13.6. The second kappa shape index (κ2) is 24.5. The molecule has 0 bridgehead atoms. The van der Waals surface area contributed by atoms with E-state index in [9.17, 15) is 29.4 Å². The van der Waals surface area contributed by atoms with E-state index in [-0.39, 0.29) is 26.1 Å². The number of nitrogens with one attached hydrogen (secondary N) is 2. The summed E-state index contributed by atoms with van der Waals surface area (Å²) in [6.45, 7) is 4.05. The van der Waals surface area contributed by atoms with Crippen LogP contribution < -0.4 is 15.4 Å². The number of likely N-dealkylation sites (N-methyl/N-ethyl adjacent to an activating group) is 1. The predicted octanol–water partition coefficient (Wildman–Crippen LogP) is 5.16. The highest BCUT2D eigenvalue weighted by Crippen LogP contribution is 2.26. The number of ether oxygens (including phenoxy) is 2. The topological polar surface area (TPSA) is 151 Å². The van der Waals surface area contributed by atoms with Gasteiger partial charge in [0.1, 0.15) is 24.2 Å². The fourth-order valence-electron chi connectivity index (χ4n) is 5.13. The Kier molecular flexibility index (Phi) is 21.5. The highest BCUT2D eigenvalue weighted by molar-refractivity contribution is 5.93. The number of carboxylic acid groups (broad SMARTS) is 1. The summed E-state index contributed by atoms with van der Waals surface area (Å²) < 4.78 is 10.6. The van der Waals surface area contributed by atoms with Crippen molar-refractivity contribution in [2.24, 2.45) is 5.92 Å². The molecule has 0 aliphatic carbocycles. The standard InChI is InChI=1S/C37H56N2O8/c1-5-7-9-12-15-18-30(40)19-16-13-10-11-14-17-20-32(37(45,36(43)44)25-27-46-4)34(41)39-33(35(42)38-3)28-29-21-23-31(24-22-29)47-26-8-6-2/h17,20-24,32-33,45H,5,7,9-16,18-19,25-28H2,1-4H3,(H,38,42)(H,39,41)(H,43,44)/b20-17+/t32-,33+,37+/m1/s1. The van der Waals surface area contributed by atoms with Crippen molar-refractivity contribution in [3.63, 3.8) is 0 Å². The summed E-state index contributed by atoms with van der Waals surface area (Å²) in [6, 6.07) is 5.99. The maximum atomic E-state index is 13.6. The van der Waals surface area contributed by atoms with Crippen molar-refractivity contribution < 1.29 is 38.9 Å². The number of aliphatic carboxylic acids is 1. The van der Waals surface area contributed by atoms with Gasteiger partial charge in [0, 0.05) is 46.4 Å². The molecule has 262 valence electrons. The van der Waals surface area contributed by atoms with Crippen LogP contribution in [0.15, 0.2) is 36.4 Å². The van der Waals surface area contributed by atoms with Gasteiger partial charge in [-0.3, -0.25) is 14.4 Å². The van der Waals surface area contributed by atoms with Gasteiger partial charge in [-0.1, -0.05) is 75.7 Å². The van der Waals surface area contributed by atoms with Crippen LogP contribution in [0.3, 0.4) is 0 Å². The number of Topliss-reactive ketones (excluding diaryl/α,β-unsaturated/α-hetero) is 1. The third kappa shape index (κ3) is 16.6. The van der Waals surface area contributed by atoms with E-state index in [2.05, 4.69) is 29.4 Å². The van der Waals surface area contributed by atoms with Gasteiger partial charge < -0.3 is 30.3 Å². The van der Waals surface area contributed by atoms with Crippen LogP contribution >= 0.6 is 0 Å². The van der Waals surface area contributed by atoms with Crippen LogP contribution in [0, 0.1) is 17.8 Å². The Morgan fingerprint density at radius 1 is 0.957 bits per heavy atom. The third-order valence-electron chi connectivity index (χ3n) is 8.05. The molecule has 0 saturated heterocycles. The maximum Gasteiger partial charge on any atom is 0.336 e. The van der Waals surface area contributed by atoms with Crippen molar-refractivity contribution in [1.82, 2.24) is 10.6 Å². The number of carboxylic acids is 1. The lowest BCUT2D eigenvalue weighted by atomic mass is 9.83. The summed E-state index contributed by atoms with van der Waals surface area (Å²) in [5.41, 5.74) is -1.72. The number of ketones is 1. The number of allylic oxidation sites excluding steroid dienone is 1. The summed E-state index contributed by atoms with van der Waals surface area (Å²) in [4.78, 5) is 50.8. The molecule has 1 aromatic rings. The Bertz CT molecular complexity index is 1170. The zero-order valence-electron chi connectivity index (χ0n) is 28.8. The summed E-state index contributed by atoms with van der Waals surface area (Å²) >= 11 is 0. The molecule has 1 aromatic carbocycles. The van der Waals surface area contributed by atoms with Gasteiger partial charge in [0.05, 0.1) is 5.92 Å². The third-order valence-corrected chi connectivity index (χ3v) is 8.05. The Balaban J connectivity index is 2.87. The summed E-state index contributed by atoms with van der Waals surface area (Å²) in [6.07, 6.45) is 13.8. The highest BCUT2D eigenvalue weighted by Gasteiger charge is 2.47. The number of rotatable bonds is 26. The number of hydrogen-bond acceptors (Lipinski definition) is 7. The largest absolute Gasteiger partial charge is 0.481 e. The lowest BCUT2D eigenvalue weighted by Crippen LogP contribution is -2.56. The lowest BCUT2D eigenvalue weighted by Gasteiger charge is -2.31. The van der Waals surface area contributed by atoms with Crippen LogP contribution in [0.5, 0.6) is 5.75 Å². The monoisotopic (exact) mass is 656 g/mol. The molecule has 0 aliphatic heterocycles. The number of aliphatic hydroxyl groups is 1. The van der Waals surface area contributed by atoms with E-state index in [0.717, 1.165) is 44.1 Å². The summed E-state index contributed by atoms with van der Waals surface area (Å²) in [5, 5.41) is 26.5. The number of amides is 2. The average Bonchev–Trinajstić information content (AvgIpc) is 3.06. The minimum Gasteiger partial charge on any atom is -0.481 e. The van der Waals surface area contributed by atoms with Crippen molar-refractivity contribution in [3.8, 4) is 17.6 Å². The molecular weight excluding hydrogens is 600 g/mol. The van der Waals surface area contributed by atoms with Gasteiger partial charge in [0.2, 0.25) is 11.8 Å². The number of unbranched alkanes of at least 4 members (excludes halogenated alkanes) is 8. The number of hydrogen-bond donors (Lipinski definition) is 4. The van der Waals surface area contributed by atoms with E-state index >= 15 is 0 Å². The number of carbonyl (C=O) groups excluding carboxylic acids is 3. The molecule has 3 atom stereocenters. The minimum absolute atomic E-state index is 0.0883. The zero-order chi connectivity index (χ0) is 34.9. The fraction of sp³-hybridized carbons (Fsp3) is 0.622. The van der Waals surface area contributed by atoms with E-state index in [1.165, 1.54) is 39.5 Å². The fourth-order valence-corrected chi connectivity index (χ4v) is 5.13. The molecule has 10 nitrogen and oxygen atoms in total. The van der Waals surface area contributed by atoms with Gasteiger partial charge in [0.25, 0.3) is 0 Å². The first kappa shape index (κ1) is 41.3. The molecule has 2 amide bonds.